The highest BCUT2D eigenvalue weighted by molar-refractivity contribution is 6.14. The topological polar surface area (TPSA) is 74.9 Å². The van der Waals surface area contributed by atoms with Gasteiger partial charge in [0, 0.05) is 17.8 Å². The molecule has 0 saturated heterocycles. The lowest BCUT2D eigenvalue weighted by Crippen LogP contribution is -2.18. The van der Waals surface area contributed by atoms with Crippen LogP contribution in [-0.2, 0) is 4.84 Å². The number of aromatic hydroxyl groups is 2. The average molecular weight is 304 g/mol. The van der Waals surface area contributed by atoms with Gasteiger partial charge in [-0.05, 0) is 45.0 Å². The maximum Gasteiger partial charge on any atom is 0.143 e. The van der Waals surface area contributed by atoms with E-state index >= 15 is 0 Å². The number of aromatic nitrogens is 1. The number of phenols is 1. The molecule has 5 nitrogen and oxygen atoms in total. The Labute approximate surface area is 127 Å². The molecule has 2 N–H and O–H groups in total. The van der Waals surface area contributed by atoms with E-state index in [1.54, 1.807) is 26.8 Å². The molecule has 0 aliphatic rings. The van der Waals surface area contributed by atoms with Crippen LogP contribution in [0.25, 0.3) is 0 Å². The Hall–Kier alpha value is -2.63. The quantitative estimate of drug-likeness (QED) is 0.674. The lowest BCUT2D eigenvalue weighted by atomic mass is 10.0. The van der Waals surface area contributed by atoms with Crippen LogP contribution in [0.15, 0.2) is 41.7 Å². The van der Waals surface area contributed by atoms with Crippen LogP contribution in [0.4, 0.5) is 4.39 Å². The molecule has 0 radical (unpaired) electrons. The molecule has 0 aliphatic carbocycles. The van der Waals surface area contributed by atoms with E-state index in [9.17, 15) is 14.6 Å². The van der Waals surface area contributed by atoms with Crippen molar-refractivity contribution >= 4 is 5.71 Å². The second kappa shape index (κ2) is 6.01. The number of hydrogen-bond donors (Lipinski definition) is 2. The van der Waals surface area contributed by atoms with Crippen molar-refractivity contribution in [3.05, 3.63) is 53.6 Å². The summed E-state index contributed by atoms with van der Waals surface area (Å²) in [5.41, 5.74) is -0.121. The number of nitrogens with zero attached hydrogens (tertiary/aromatic N) is 2. The molecule has 0 fully saturated rings. The van der Waals surface area contributed by atoms with E-state index in [1.807, 2.05) is 0 Å². The number of benzene rings is 1. The predicted molar refractivity (Wildman–Crippen MR) is 80.4 cm³/mol. The van der Waals surface area contributed by atoms with Crippen molar-refractivity contribution in [2.45, 2.75) is 26.4 Å². The Morgan fingerprint density at radius 2 is 1.91 bits per heavy atom. The molecule has 0 spiro atoms. The van der Waals surface area contributed by atoms with Crippen LogP contribution in [0, 0.1) is 5.82 Å². The summed E-state index contributed by atoms with van der Waals surface area (Å²) in [5.74, 6) is -1.02. The van der Waals surface area contributed by atoms with Crippen LogP contribution in [0.2, 0.25) is 0 Å². The summed E-state index contributed by atoms with van der Waals surface area (Å²) in [7, 11) is 0. The third kappa shape index (κ3) is 3.72. The van der Waals surface area contributed by atoms with Crippen molar-refractivity contribution in [1.29, 1.82) is 0 Å². The summed E-state index contributed by atoms with van der Waals surface area (Å²) in [6, 6.07) is 6.49. The van der Waals surface area contributed by atoms with Gasteiger partial charge in [-0.25, -0.2) is 4.39 Å². The van der Waals surface area contributed by atoms with Crippen LogP contribution in [-0.4, -0.2) is 26.5 Å². The van der Waals surface area contributed by atoms with Gasteiger partial charge in [0.1, 0.15) is 34.3 Å². The Morgan fingerprint density at radius 3 is 2.50 bits per heavy atom. The number of halogens is 1. The number of phenolic OH excluding ortho intramolecular Hbond substituents is 1. The maximum absolute atomic E-state index is 13.2. The molecule has 0 amide bonds. The monoisotopic (exact) mass is 304 g/mol. The Bertz CT molecular complexity index is 709. The summed E-state index contributed by atoms with van der Waals surface area (Å²) < 4.78 is 13.2. The molecular formula is C16H17FN2O3. The Morgan fingerprint density at radius 1 is 1.18 bits per heavy atom. The molecule has 6 heteroatoms. The minimum absolute atomic E-state index is 0.116. The first-order valence-corrected chi connectivity index (χ1v) is 6.67. The van der Waals surface area contributed by atoms with Gasteiger partial charge in [0.25, 0.3) is 0 Å². The van der Waals surface area contributed by atoms with Crippen molar-refractivity contribution in [2.24, 2.45) is 5.16 Å². The second-order valence-electron chi connectivity index (χ2n) is 5.68. The van der Waals surface area contributed by atoms with Crippen molar-refractivity contribution in [1.82, 2.24) is 4.98 Å². The van der Waals surface area contributed by atoms with E-state index in [-0.39, 0.29) is 28.5 Å². The van der Waals surface area contributed by atoms with Crippen molar-refractivity contribution in [3.8, 4) is 11.5 Å². The first-order valence-electron chi connectivity index (χ1n) is 6.67. The van der Waals surface area contributed by atoms with Gasteiger partial charge in [0.15, 0.2) is 0 Å². The standard InChI is InChI=1S/C16H17FN2O3/c1-16(2,3)22-19-14(15-12(20)5-4-8-18-15)11-7-6-10(17)9-13(11)21/h4-9,20-21H,1-3H3/b19-14-. The van der Waals surface area contributed by atoms with Gasteiger partial charge in [-0.2, -0.15) is 0 Å². The molecule has 0 bridgehead atoms. The van der Waals surface area contributed by atoms with Crippen LogP contribution in [0.5, 0.6) is 11.5 Å². The van der Waals surface area contributed by atoms with Crippen molar-refractivity contribution in [2.75, 3.05) is 0 Å². The van der Waals surface area contributed by atoms with Gasteiger partial charge in [0.2, 0.25) is 0 Å². The SMILES string of the molecule is CC(C)(C)O/N=C(/c1ccc(F)cc1O)c1ncccc1O. The summed E-state index contributed by atoms with van der Waals surface area (Å²) in [6.45, 7) is 5.41. The van der Waals surface area contributed by atoms with Crippen molar-refractivity contribution < 1.29 is 19.4 Å². The van der Waals surface area contributed by atoms with Crippen LogP contribution in [0.1, 0.15) is 32.0 Å². The fourth-order valence-electron chi connectivity index (χ4n) is 1.69. The molecule has 0 unspecified atom stereocenters. The van der Waals surface area contributed by atoms with E-state index in [0.29, 0.717) is 0 Å². The average Bonchev–Trinajstić information content (AvgIpc) is 2.41. The zero-order chi connectivity index (χ0) is 16.3. The first-order chi connectivity index (χ1) is 10.3. The summed E-state index contributed by atoms with van der Waals surface area (Å²) in [4.78, 5) is 9.43. The van der Waals surface area contributed by atoms with Gasteiger partial charge < -0.3 is 15.1 Å². The molecule has 0 saturated carbocycles. The fraction of sp³-hybridized carbons (Fsp3) is 0.250. The highest BCUT2D eigenvalue weighted by Gasteiger charge is 2.20. The minimum Gasteiger partial charge on any atom is -0.507 e. The maximum atomic E-state index is 13.2. The highest BCUT2D eigenvalue weighted by atomic mass is 19.1. The van der Waals surface area contributed by atoms with Crippen LogP contribution >= 0.6 is 0 Å². The molecule has 1 heterocycles. The number of pyridine rings is 1. The highest BCUT2D eigenvalue weighted by Crippen LogP contribution is 2.26. The lowest BCUT2D eigenvalue weighted by Gasteiger charge is -2.17. The zero-order valence-electron chi connectivity index (χ0n) is 12.5. The molecule has 0 aliphatic heterocycles. The largest absolute Gasteiger partial charge is 0.507 e. The number of oxime groups is 1. The number of rotatable bonds is 3. The van der Waals surface area contributed by atoms with E-state index in [2.05, 4.69) is 10.1 Å². The molecule has 1 aromatic heterocycles. The van der Waals surface area contributed by atoms with Gasteiger partial charge in [-0.15, -0.1) is 0 Å². The van der Waals surface area contributed by atoms with Crippen LogP contribution in [0.3, 0.4) is 0 Å². The molecule has 22 heavy (non-hydrogen) atoms. The molecular weight excluding hydrogens is 287 g/mol. The van der Waals surface area contributed by atoms with E-state index in [4.69, 9.17) is 4.84 Å². The predicted octanol–water partition coefficient (Wildman–Crippen LogP) is 3.20. The normalized spacial score (nSPS) is 12.3. The third-order valence-corrected chi connectivity index (χ3v) is 2.64. The zero-order valence-corrected chi connectivity index (χ0v) is 12.5. The van der Waals surface area contributed by atoms with Gasteiger partial charge in [0.05, 0.1) is 0 Å². The first kappa shape index (κ1) is 15.8. The molecule has 1 aromatic carbocycles. The molecule has 0 atom stereocenters. The van der Waals surface area contributed by atoms with Crippen molar-refractivity contribution in [3.63, 3.8) is 0 Å². The second-order valence-corrected chi connectivity index (χ2v) is 5.68. The van der Waals surface area contributed by atoms with Gasteiger partial charge >= 0.3 is 0 Å². The van der Waals surface area contributed by atoms with E-state index < -0.39 is 11.4 Å². The van der Waals surface area contributed by atoms with Crippen LogP contribution < -0.4 is 0 Å². The minimum atomic E-state index is -0.581. The summed E-state index contributed by atoms with van der Waals surface area (Å²) in [5, 5.41) is 23.9. The van der Waals surface area contributed by atoms with Gasteiger partial charge in [-0.3, -0.25) is 4.98 Å². The smallest absolute Gasteiger partial charge is 0.143 e. The lowest BCUT2D eigenvalue weighted by molar-refractivity contribution is 0.00108. The number of hydrogen-bond acceptors (Lipinski definition) is 5. The third-order valence-electron chi connectivity index (χ3n) is 2.64. The fourth-order valence-corrected chi connectivity index (χ4v) is 1.69. The molecule has 116 valence electrons. The van der Waals surface area contributed by atoms with E-state index in [0.717, 1.165) is 6.07 Å². The molecule has 2 rings (SSSR count). The summed E-state index contributed by atoms with van der Waals surface area (Å²) in [6.07, 6.45) is 1.47. The molecule has 2 aromatic rings. The Balaban J connectivity index is 2.58. The van der Waals surface area contributed by atoms with Gasteiger partial charge in [-0.1, -0.05) is 5.16 Å². The van der Waals surface area contributed by atoms with E-state index in [1.165, 1.54) is 24.4 Å². The summed E-state index contributed by atoms with van der Waals surface area (Å²) >= 11 is 0. The Kier molecular flexibility index (Phi) is 4.30.